The van der Waals surface area contributed by atoms with Crippen molar-refractivity contribution < 1.29 is 28.8 Å². The fourth-order valence-electron chi connectivity index (χ4n) is 1.80. The molecule has 8 heteroatoms. The molecule has 18 heavy (non-hydrogen) atoms. The van der Waals surface area contributed by atoms with Gasteiger partial charge in [0.15, 0.2) is 0 Å². The van der Waals surface area contributed by atoms with Gasteiger partial charge >= 0.3 is 11.8 Å². The van der Waals surface area contributed by atoms with Gasteiger partial charge in [-0.25, -0.2) is 9.80 Å². The van der Waals surface area contributed by atoms with Crippen molar-refractivity contribution in [1.29, 1.82) is 0 Å². The quantitative estimate of drug-likeness (QED) is 0.377. The maximum absolute atomic E-state index is 11.6. The second-order valence-electron chi connectivity index (χ2n) is 3.86. The molecule has 0 atom stereocenters. The lowest BCUT2D eigenvalue weighted by Gasteiger charge is -2.15. The van der Waals surface area contributed by atoms with E-state index in [0.717, 1.165) is 0 Å². The van der Waals surface area contributed by atoms with Gasteiger partial charge in [0.1, 0.15) is 0 Å². The number of hydrogen-bond acceptors (Lipinski definition) is 6. The Bertz CT molecular complexity index is 430. The van der Waals surface area contributed by atoms with Crippen LogP contribution in [0.4, 0.5) is 0 Å². The van der Waals surface area contributed by atoms with Crippen LogP contribution >= 0.6 is 0 Å². The first-order chi connectivity index (χ1) is 8.43. The van der Waals surface area contributed by atoms with Gasteiger partial charge in [-0.1, -0.05) is 0 Å². The first-order valence-electron chi connectivity index (χ1n) is 5.23. The predicted molar refractivity (Wildman–Crippen MR) is 52.2 cm³/mol. The molecule has 0 aromatic rings. The Kier molecular flexibility index (Phi) is 2.77. The third-order valence-corrected chi connectivity index (χ3v) is 2.69. The highest BCUT2D eigenvalue weighted by Crippen LogP contribution is 2.16. The first-order valence-corrected chi connectivity index (χ1v) is 5.23. The molecule has 2 rings (SSSR count). The van der Waals surface area contributed by atoms with Gasteiger partial charge in [-0.05, 0) is 0 Å². The lowest BCUT2D eigenvalue weighted by Crippen LogP contribution is -2.49. The first kappa shape index (κ1) is 12.1. The molecule has 0 N–H and O–H groups in total. The second-order valence-corrected chi connectivity index (χ2v) is 3.86. The number of imide groups is 6. The van der Waals surface area contributed by atoms with E-state index in [0.29, 0.717) is 0 Å². The minimum Gasteiger partial charge on any atom is -0.274 e. The lowest BCUT2D eigenvalue weighted by molar-refractivity contribution is -0.163. The van der Waals surface area contributed by atoms with Gasteiger partial charge in [0.25, 0.3) is 0 Å². The highest BCUT2D eigenvalue weighted by atomic mass is 16.2. The van der Waals surface area contributed by atoms with Crippen molar-refractivity contribution in [2.24, 2.45) is 0 Å². The fraction of sp³-hybridized carbons (Fsp3) is 0.400. The van der Waals surface area contributed by atoms with E-state index in [-0.39, 0.29) is 35.5 Å². The monoisotopic (exact) mass is 252 g/mol. The van der Waals surface area contributed by atoms with Crippen molar-refractivity contribution in [3.05, 3.63) is 0 Å². The highest BCUT2D eigenvalue weighted by Gasteiger charge is 2.44. The summed E-state index contributed by atoms with van der Waals surface area (Å²) in [6, 6.07) is 0. The van der Waals surface area contributed by atoms with E-state index in [2.05, 4.69) is 0 Å². The number of rotatable bonds is 0. The number of carbonyl (C=O) groups is 6. The smallest absolute Gasteiger partial charge is 0.274 e. The van der Waals surface area contributed by atoms with Gasteiger partial charge in [-0.3, -0.25) is 28.8 Å². The maximum atomic E-state index is 11.6. The van der Waals surface area contributed by atoms with Gasteiger partial charge in [-0.15, -0.1) is 0 Å². The number of hydrogen-bond donors (Lipinski definition) is 0. The summed E-state index contributed by atoms with van der Waals surface area (Å²) in [4.78, 5) is 68.7. The average molecular weight is 252 g/mol. The van der Waals surface area contributed by atoms with Gasteiger partial charge in [0.2, 0.25) is 23.6 Å². The van der Waals surface area contributed by atoms with E-state index in [1.54, 1.807) is 0 Å². The molecule has 0 aliphatic carbocycles. The predicted octanol–water partition coefficient (Wildman–Crippen LogP) is -1.66. The molecule has 94 valence electrons. The average Bonchev–Trinajstić information content (AvgIpc) is 2.81. The summed E-state index contributed by atoms with van der Waals surface area (Å²) in [5.41, 5.74) is 0. The maximum Gasteiger partial charge on any atom is 0.326 e. The van der Waals surface area contributed by atoms with Crippen LogP contribution in [0.15, 0.2) is 0 Å². The van der Waals surface area contributed by atoms with Crippen LogP contribution < -0.4 is 0 Å². The van der Waals surface area contributed by atoms with Gasteiger partial charge < -0.3 is 0 Å². The third kappa shape index (κ3) is 1.71. The van der Waals surface area contributed by atoms with Gasteiger partial charge in [0.05, 0.1) is 0 Å². The number of amides is 6. The summed E-state index contributed by atoms with van der Waals surface area (Å²) < 4.78 is 0. The van der Waals surface area contributed by atoms with Crippen molar-refractivity contribution in [2.45, 2.75) is 25.7 Å². The standard InChI is InChI=1S/C10H8N2O6/c13-5-1-2-6(14)11(5)9(17)10(18)12-7(15)3-4-8(12)16/h1-4H2. The Balaban J connectivity index is 2.21. The normalized spacial score (nSPS) is 20.0. The molecule has 0 radical (unpaired) electrons. The fourth-order valence-corrected chi connectivity index (χ4v) is 1.80. The Hall–Kier alpha value is -2.38. The van der Waals surface area contributed by atoms with Crippen LogP contribution in [0.2, 0.25) is 0 Å². The van der Waals surface area contributed by atoms with E-state index in [9.17, 15) is 28.8 Å². The Labute approximate surface area is 101 Å². The SMILES string of the molecule is O=C1CCC(=O)N1C(=O)C(=O)N1C(=O)CCC1=O. The van der Waals surface area contributed by atoms with E-state index in [1.807, 2.05) is 0 Å². The summed E-state index contributed by atoms with van der Waals surface area (Å²) >= 11 is 0. The molecule has 0 aromatic heterocycles. The topological polar surface area (TPSA) is 109 Å². The zero-order chi connectivity index (χ0) is 13.4. The zero-order valence-corrected chi connectivity index (χ0v) is 9.17. The molecular weight excluding hydrogens is 244 g/mol. The number of carbonyl (C=O) groups excluding carboxylic acids is 6. The van der Waals surface area contributed by atoms with E-state index >= 15 is 0 Å². The highest BCUT2D eigenvalue weighted by molar-refractivity contribution is 6.46. The van der Waals surface area contributed by atoms with Crippen molar-refractivity contribution in [1.82, 2.24) is 9.80 Å². The summed E-state index contributed by atoms with van der Waals surface area (Å²) in [6.07, 6.45) is -0.612. The Morgan fingerprint density at radius 2 is 0.833 bits per heavy atom. The molecular formula is C10H8N2O6. The van der Waals surface area contributed by atoms with E-state index in [1.165, 1.54) is 0 Å². The van der Waals surface area contributed by atoms with Crippen molar-refractivity contribution >= 4 is 35.4 Å². The van der Waals surface area contributed by atoms with Gasteiger partial charge in [-0.2, -0.15) is 0 Å². The van der Waals surface area contributed by atoms with Crippen LogP contribution in [0.1, 0.15) is 25.7 Å². The summed E-state index contributed by atoms with van der Waals surface area (Å²) in [5, 5.41) is 0. The summed E-state index contributed by atoms with van der Waals surface area (Å²) in [5.74, 6) is -6.05. The van der Waals surface area contributed by atoms with Crippen molar-refractivity contribution in [3.8, 4) is 0 Å². The summed E-state index contributed by atoms with van der Waals surface area (Å²) in [6.45, 7) is 0. The van der Waals surface area contributed by atoms with Crippen LogP contribution in [0.3, 0.4) is 0 Å². The molecule has 8 nitrogen and oxygen atoms in total. The van der Waals surface area contributed by atoms with E-state index < -0.39 is 35.4 Å². The summed E-state index contributed by atoms with van der Waals surface area (Å²) in [7, 11) is 0. The molecule has 2 aliphatic rings. The third-order valence-electron chi connectivity index (χ3n) is 2.69. The largest absolute Gasteiger partial charge is 0.326 e. The number of likely N-dealkylation sites (tertiary alicyclic amines) is 2. The molecule has 0 unspecified atom stereocenters. The van der Waals surface area contributed by atoms with Crippen molar-refractivity contribution in [3.63, 3.8) is 0 Å². The minimum atomic E-state index is -1.44. The second kappa shape index (κ2) is 4.13. The number of nitrogens with zero attached hydrogens (tertiary/aromatic N) is 2. The molecule has 6 amide bonds. The minimum absolute atomic E-state index is 0.153. The zero-order valence-electron chi connectivity index (χ0n) is 9.17. The molecule has 0 spiro atoms. The molecule has 2 fully saturated rings. The van der Waals surface area contributed by atoms with Crippen molar-refractivity contribution in [2.75, 3.05) is 0 Å². The molecule has 2 heterocycles. The molecule has 2 aliphatic heterocycles. The Morgan fingerprint density at radius 1 is 0.611 bits per heavy atom. The van der Waals surface area contributed by atoms with Crippen LogP contribution in [-0.4, -0.2) is 45.2 Å². The van der Waals surface area contributed by atoms with Gasteiger partial charge in [0, 0.05) is 25.7 Å². The lowest BCUT2D eigenvalue weighted by atomic mass is 10.4. The van der Waals surface area contributed by atoms with E-state index in [4.69, 9.17) is 0 Å². The van der Waals surface area contributed by atoms with Crippen LogP contribution in [0.25, 0.3) is 0 Å². The molecule has 0 bridgehead atoms. The van der Waals surface area contributed by atoms with Crippen LogP contribution in [0, 0.1) is 0 Å². The van der Waals surface area contributed by atoms with Crippen LogP contribution in [0.5, 0.6) is 0 Å². The molecule has 0 saturated carbocycles. The molecule has 0 aromatic carbocycles. The molecule has 2 saturated heterocycles. The Morgan fingerprint density at radius 3 is 1.06 bits per heavy atom. The van der Waals surface area contributed by atoms with Crippen LogP contribution in [-0.2, 0) is 28.8 Å².